The lowest BCUT2D eigenvalue weighted by Gasteiger charge is -2.30. The van der Waals surface area contributed by atoms with Gasteiger partial charge in [-0.05, 0) is 50.1 Å². The van der Waals surface area contributed by atoms with Crippen LogP contribution in [0.15, 0.2) is 40.6 Å². The maximum atomic E-state index is 12.9. The van der Waals surface area contributed by atoms with Gasteiger partial charge in [0.1, 0.15) is 10.8 Å². The molecule has 0 bridgehead atoms. The Bertz CT molecular complexity index is 1050. The van der Waals surface area contributed by atoms with Crippen LogP contribution in [0, 0.1) is 12.8 Å². The Hall–Kier alpha value is -2.47. The van der Waals surface area contributed by atoms with Crippen LogP contribution in [0.4, 0.5) is 16.2 Å². The number of benzene rings is 1. The third kappa shape index (κ3) is 6.28. The van der Waals surface area contributed by atoms with Crippen LogP contribution in [0.3, 0.4) is 0 Å². The van der Waals surface area contributed by atoms with Gasteiger partial charge in [0.2, 0.25) is 5.91 Å². The summed E-state index contributed by atoms with van der Waals surface area (Å²) in [7, 11) is -2.10. The van der Waals surface area contributed by atoms with Gasteiger partial charge in [-0.3, -0.25) is 10.1 Å². The number of carbonyl (C=O) groups excluding carboxylic acids is 2. The molecule has 1 aliphatic rings. The number of amides is 2. The summed E-state index contributed by atoms with van der Waals surface area (Å²) in [6.45, 7) is 2.82. The summed E-state index contributed by atoms with van der Waals surface area (Å²) >= 11 is 1.23. The number of rotatable bonds is 8. The smallest absolute Gasteiger partial charge is 0.411 e. The molecule has 32 heavy (non-hydrogen) atoms. The molecule has 1 unspecified atom stereocenters. The van der Waals surface area contributed by atoms with Crippen molar-refractivity contribution < 1.29 is 27.5 Å². The van der Waals surface area contributed by atoms with E-state index in [2.05, 4.69) is 10.6 Å². The predicted molar refractivity (Wildman–Crippen MR) is 122 cm³/mol. The van der Waals surface area contributed by atoms with Crippen molar-refractivity contribution in [2.24, 2.45) is 5.92 Å². The number of aryl methyl sites for hydroxylation is 1. The van der Waals surface area contributed by atoms with E-state index >= 15 is 0 Å². The highest BCUT2D eigenvalue weighted by Gasteiger charge is 2.34. The van der Waals surface area contributed by atoms with Gasteiger partial charge in [0.05, 0.1) is 12.5 Å². The largest absolute Gasteiger partial charge is 0.447 e. The molecule has 1 aromatic carbocycles. The highest BCUT2D eigenvalue weighted by Crippen LogP contribution is 2.29. The van der Waals surface area contributed by atoms with Crippen LogP contribution < -0.4 is 10.6 Å². The number of ether oxygens (including phenoxy) is 2. The first-order valence-electron chi connectivity index (χ1n) is 10.2. The molecule has 11 heteroatoms. The third-order valence-electron chi connectivity index (χ3n) is 4.96. The number of nitrogens with zero attached hydrogens (tertiary/aromatic N) is 1. The third-order valence-corrected chi connectivity index (χ3v) is 8.30. The molecule has 1 atom stereocenters. The van der Waals surface area contributed by atoms with Gasteiger partial charge in [0, 0.05) is 36.5 Å². The van der Waals surface area contributed by atoms with Crippen molar-refractivity contribution in [1.29, 1.82) is 0 Å². The maximum Gasteiger partial charge on any atom is 0.411 e. The molecule has 0 aliphatic carbocycles. The SMILES string of the molecule is COCCOC(=O)Nc1cccc(NC(=O)C2CCCN(S(=O)(=O)c3ccc(C)s3)C2)c1. The highest BCUT2D eigenvalue weighted by atomic mass is 32.2. The summed E-state index contributed by atoms with van der Waals surface area (Å²) in [5.74, 6) is -0.720. The summed E-state index contributed by atoms with van der Waals surface area (Å²) in [5.41, 5.74) is 0.963. The van der Waals surface area contributed by atoms with E-state index in [0.717, 1.165) is 4.88 Å². The molecule has 2 heterocycles. The van der Waals surface area contributed by atoms with Crippen molar-refractivity contribution in [2.75, 3.05) is 44.0 Å². The molecule has 0 saturated carbocycles. The van der Waals surface area contributed by atoms with Crippen molar-refractivity contribution in [3.63, 3.8) is 0 Å². The number of hydrogen-bond acceptors (Lipinski definition) is 7. The Kier molecular flexibility index (Phi) is 8.24. The molecule has 2 amide bonds. The number of anilines is 2. The molecule has 1 aliphatic heterocycles. The Morgan fingerprint density at radius 1 is 1.16 bits per heavy atom. The zero-order valence-electron chi connectivity index (χ0n) is 18.0. The molecule has 174 valence electrons. The first-order chi connectivity index (χ1) is 15.3. The quantitative estimate of drug-likeness (QED) is 0.559. The molecular weight excluding hydrogens is 454 g/mol. The molecule has 1 saturated heterocycles. The lowest BCUT2D eigenvalue weighted by atomic mass is 9.98. The zero-order chi connectivity index (χ0) is 23.1. The summed E-state index contributed by atoms with van der Waals surface area (Å²) < 4.78 is 37.3. The number of nitrogens with one attached hydrogen (secondary N) is 2. The van der Waals surface area contributed by atoms with Crippen LogP contribution in [-0.4, -0.2) is 58.1 Å². The molecule has 9 nitrogen and oxygen atoms in total. The monoisotopic (exact) mass is 481 g/mol. The van der Waals surface area contributed by atoms with Crippen LogP contribution in [-0.2, 0) is 24.3 Å². The van der Waals surface area contributed by atoms with Crippen molar-refractivity contribution in [1.82, 2.24) is 4.31 Å². The van der Waals surface area contributed by atoms with Gasteiger partial charge >= 0.3 is 6.09 Å². The fourth-order valence-electron chi connectivity index (χ4n) is 3.34. The number of methoxy groups -OCH3 is 1. The van der Waals surface area contributed by atoms with Crippen LogP contribution in [0.25, 0.3) is 0 Å². The summed E-state index contributed by atoms with van der Waals surface area (Å²) in [5, 5.41) is 5.41. The van der Waals surface area contributed by atoms with Crippen molar-refractivity contribution in [3.8, 4) is 0 Å². The van der Waals surface area contributed by atoms with Gasteiger partial charge < -0.3 is 14.8 Å². The van der Waals surface area contributed by atoms with Gasteiger partial charge in [-0.1, -0.05) is 6.07 Å². The van der Waals surface area contributed by atoms with E-state index in [4.69, 9.17) is 9.47 Å². The van der Waals surface area contributed by atoms with Crippen LogP contribution >= 0.6 is 11.3 Å². The first-order valence-corrected chi connectivity index (χ1v) is 12.5. The minimum absolute atomic E-state index is 0.130. The Morgan fingerprint density at radius 3 is 2.59 bits per heavy atom. The van der Waals surface area contributed by atoms with Gasteiger partial charge in [-0.2, -0.15) is 4.31 Å². The first kappa shape index (κ1) is 24.2. The second kappa shape index (κ2) is 10.9. The van der Waals surface area contributed by atoms with E-state index in [1.165, 1.54) is 22.8 Å². The molecule has 0 radical (unpaired) electrons. The molecule has 0 spiro atoms. The number of carbonyl (C=O) groups is 2. The Labute approximate surface area is 191 Å². The average Bonchev–Trinajstić information content (AvgIpc) is 3.21. The van der Waals surface area contributed by atoms with E-state index in [9.17, 15) is 18.0 Å². The zero-order valence-corrected chi connectivity index (χ0v) is 19.6. The lowest BCUT2D eigenvalue weighted by Crippen LogP contribution is -2.43. The van der Waals surface area contributed by atoms with E-state index in [-0.39, 0.29) is 19.1 Å². The van der Waals surface area contributed by atoms with Gasteiger partial charge in [-0.25, -0.2) is 13.2 Å². The average molecular weight is 482 g/mol. The van der Waals surface area contributed by atoms with Gasteiger partial charge in [0.15, 0.2) is 0 Å². The van der Waals surface area contributed by atoms with Crippen molar-refractivity contribution in [3.05, 3.63) is 41.3 Å². The van der Waals surface area contributed by atoms with E-state index < -0.39 is 22.0 Å². The van der Waals surface area contributed by atoms with Crippen molar-refractivity contribution >= 4 is 44.7 Å². The van der Waals surface area contributed by atoms with Crippen LogP contribution in [0.5, 0.6) is 0 Å². The van der Waals surface area contributed by atoms with Crippen LogP contribution in [0.1, 0.15) is 17.7 Å². The summed E-state index contributed by atoms with van der Waals surface area (Å²) in [6.07, 6.45) is 0.587. The fraction of sp³-hybridized carbons (Fsp3) is 0.429. The predicted octanol–water partition coefficient (Wildman–Crippen LogP) is 3.29. The minimum Gasteiger partial charge on any atom is -0.447 e. The topological polar surface area (TPSA) is 114 Å². The van der Waals surface area contributed by atoms with E-state index in [1.54, 1.807) is 36.4 Å². The van der Waals surface area contributed by atoms with Crippen molar-refractivity contribution in [2.45, 2.75) is 24.0 Å². The number of sulfonamides is 1. The Morgan fingerprint density at radius 2 is 1.91 bits per heavy atom. The van der Waals surface area contributed by atoms with Crippen LogP contribution in [0.2, 0.25) is 0 Å². The minimum atomic E-state index is -3.61. The van der Waals surface area contributed by atoms with E-state index in [0.29, 0.717) is 41.6 Å². The fourth-order valence-corrected chi connectivity index (χ4v) is 6.30. The summed E-state index contributed by atoms with van der Waals surface area (Å²) in [6, 6.07) is 10.1. The van der Waals surface area contributed by atoms with E-state index in [1.807, 2.05) is 6.92 Å². The molecule has 2 aromatic rings. The normalized spacial score (nSPS) is 17.0. The molecule has 1 aromatic heterocycles. The van der Waals surface area contributed by atoms with Gasteiger partial charge in [0.25, 0.3) is 10.0 Å². The second-order valence-electron chi connectivity index (χ2n) is 7.39. The molecular formula is C21H27N3O6S2. The number of thiophene rings is 1. The second-order valence-corrected chi connectivity index (χ2v) is 10.8. The molecule has 1 fully saturated rings. The molecule has 2 N–H and O–H groups in total. The highest BCUT2D eigenvalue weighted by molar-refractivity contribution is 7.91. The summed E-state index contributed by atoms with van der Waals surface area (Å²) in [4.78, 5) is 25.5. The Balaban J connectivity index is 1.60. The maximum absolute atomic E-state index is 12.9. The number of piperidine rings is 1. The molecule has 3 rings (SSSR count). The number of hydrogen-bond donors (Lipinski definition) is 2. The van der Waals surface area contributed by atoms with Gasteiger partial charge in [-0.15, -0.1) is 11.3 Å². The lowest BCUT2D eigenvalue weighted by molar-refractivity contribution is -0.120. The standard InChI is InChI=1S/C21H27N3O6S2/c1-15-8-9-19(31-15)32(27,28)24-10-4-5-16(14-24)20(25)22-17-6-3-7-18(13-17)23-21(26)30-12-11-29-2/h3,6-9,13,16H,4-5,10-12,14H2,1-2H3,(H,22,25)(H,23,26).